The summed E-state index contributed by atoms with van der Waals surface area (Å²) in [5.41, 5.74) is 7.78. The van der Waals surface area contributed by atoms with E-state index in [0.717, 1.165) is 5.52 Å². The molecular formula is C7H7ClN4. The van der Waals surface area contributed by atoms with Gasteiger partial charge in [-0.1, -0.05) is 11.6 Å². The summed E-state index contributed by atoms with van der Waals surface area (Å²) in [6, 6.07) is 0. The third kappa shape index (κ3) is 0.848. The molecular weight excluding hydrogens is 176 g/mol. The lowest BCUT2D eigenvalue weighted by molar-refractivity contribution is 0.964. The van der Waals surface area contributed by atoms with Gasteiger partial charge in [0.15, 0.2) is 5.15 Å². The van der Waals surface area contributed by atoms with Gasteiger partial charge in [-0.2, -0.15) is 0 Å². The van der Waals surface area contributed by atoms with E-state index in [1.807, 2.05) is 11.6 Å². The summed E-state index contributed by atoms with van der Waals surface area (Å²) in [5, 5.41) is 0.430. The Balaban J connectivity index is 2.99. The van der Waals surface area contributed by atoms with Crippen LogP contribution in [0.2, 0.25) is 5.15 Å². The second-order valence-corrected chi connectivity index (χ2v) is 2.92. The number of aryl methyl sites for hydroxylation is 1. The first-order valence-electron chi connectivity index (χ1n) is 3.41. The Morgan fingerprint density at radius 3 is 2.92 bits per heavy atom. The van der Waals surface area contributed by atoms with E-state index in [2.05, 4.69) is 9.97 Å². The molecule has 0 aliphatic rings. The Morgan fingerprint density at radius 1 is 1.50 bits per heavy atom. The lowest BCUT2D eigenvalue weighted by Gasteiger charge is -1.95. The standard InChI is InChI=1S/C7H7ClN4/c1-12-2-4(9)5-6(12)7(8)11-3-10-5/h2-3H,9H2,1H3. The topological polar surface area (TPSA) is 56.7 Å². The maximum Gasteiger partial charge on any atom is 0.156 e. The normalized spacial score (nSPS) is 10.8. The van der Waals surface area contributed by atoms with Crippen molar-refractivity contribution in [3.05, 3.63) is 17.7 Å². The Kier molecular flexibility index (Phi) is 1.44. The van der Waals surface area contributed by atoms with Crippen molar-refractivity contribution in [1.29, 1.82) is 0 Å². The van der Waals surface area contributed by atoms with Crippen molar-refractivity contribution in [3.63, 3.8) is 0 Å². The van der Waals surface area contributed by atoms with Gasteiger partial charge >= 0.3 is 0 Å². The fourth-order valence-corrected chi connectivity index (χ4v) is 1.48. The van der Waals surface area contributed by atoms with Crippen molar-refractivity contribution < 1.29 is 0 Å². The Bertz CT molecular complexity index is 434. The van der Waals surface area contributed by atoms with Gasteiger partial charge in [0.2, 0.25) is 0 Å². The van der Waals surface area contributed by atoms with Crippen LogP contribution in [-0.2, 0) is 7.05 Å². The first kappa shape index (κ1) is 7.36. The summed E-state index contributed by atoms with van der Waals surface area (Å²) < 4.78 is 1.81. The Morgan fingerprint density at radius 2 is 2.25 bits per heavy atom. The molecule has 0 saturated heterocycles. The van der Waals surface area contributed by atoms with Crippen LogP contribution in [0.25, 0.3) is 11.0 Å². The van der Waals surface area contributed by atoms with Gasteiger partial charge in [0.25, 0.3) is 0 Å². The number of halogens is 1. The third-order valence-corrected chi connectivity index (χ3v) is 2.01. The van der Waals surface area contributed by atoms with Crippen molar-refractivity contribution >= 4 is 28.3 Å². The zero-order chi connectivity index (χ0) is 8.72. The van der Waals surface area contributed by atoms with E-state index in [-0.39, 0.29) is 0 Å². The van der Waals surface area contributed by atoms with Crippen LogP contribution < -0.4 is 5.73 Å². The van der Waals surface area contributed by atoms with Gasteiger partial charge in [-0.3, -0.25) is 0 Å². The molecule has 0 aliphatic carbocycles. The number of rotatable bonds is 0. The van der Waals surface area contributed by atoms with Crippen molar-refractivity contribution in [2.45, 2.75) is 0 Å². The number of aromatic nitrogens is 3. The highest BCUT2D eigenvalue weighted by molar-refractivity contribution is 6.34. The van der Waals surface area contributed by atoms with Gasteiger partial charge in [0.1, 0.15) is 17.4 Å². The molecule has 12 heavy (non-hydrogen) atoms. The summed E-state index contributed by atoms with van der Waals surface area (Å²) in [6.45, 7) is 0. The molecule has 0 atom stereocenters. The molecule has 2 heterocycles. The molecule has 0 aliphatic heterocycles. The smallest absolute Gasteiger partial charge is 0.156 e. The number of hydrogen-bond acceptors (Lipinski definition) is 3. The van der Waals surface area contributed by atoms with Gasteiger partial charge in [-0.25, -0.2) is 9.97 Å². The first-order valence-corrected chi connectivity index (χ1v) is 3.79. The van der Waals surface area contributed by atoms with Gasteiger partial charge in [-0.05, 0) is 0 Å². The van der Waals surface area contributed by atoms with Crippen molar-refractivity contribution in [2.75, 3.05) is 5.73 Å². The maximum absolute atomic E-state index is 5.85. The van der Waals surface area contributed by atoms with Crippen LogP contribution in [0.3, 0.4) is 0 Å². The highest BCUT2D eigenvalue weighted by Gasteiger charge is 2.08. The van der Waals surface area contributed by atoms with Gasteiger partial charge in [0.05, 0.1) is 5.69 Å². The molecule has 62 valence electrons. The van der Waals surface area contributed by atoms with Crippen LogP contribution >= 0.6 is 11.6 Å². The predicted molar refractivity (Wildman–Crippen MR) is 47.9 cm³/mol. The molecule has 2 N–H and O–H groups in total. The van der Waals surface area contributed by atoms with Crippen LogP contribution in [-0.4, -0.2) is 14.5 Å². The van der Waals surface area contributed by atoms with Crippen LogP contribution in [0.4, 0.5) is 5.69 Å². The molecule has 2 aromatic rings. The van der Waals surface area contributed by atoms with Crippen molar-refractivity contribution in [2.24, 2.45) is 7.05 Å². The molecule has 2 aromatic heterocycles. The van der Waals surface area contributed by atoms with E-state index in [4.69, 9.17) is 17.3 Å². The van der Waals surface area contributed by atoms with Gasteiger partial charge in [0, 0.05) is 13.2 Å². The molecule has 0 radical (unpaired) electrons. The quantitative estimate of drug-likeness (QED) is 0.623. The van der Waals surface area contributed by atoms with Gasteiger partial charge in [-0.15, -0.1) is 0 Å². The van der Waals surface area contributed by atoms with Crippen LogP contribution in [0.15, 0.2) is 12.5 Å². The second-order valence-electron chi connectivity index (χ2n) is 2.56. The van der Waals surface area contributed by atoms with Crippen molar-refractivity contribution in [1.82, 2.24) is 14.5 Å². The van der Waals surface area contributed by atoms with Crippen molar-refractivity contribution in [3.8, 4) is 0 Å². The fraction of sp³-hybridized carbons (Fsp3) is 0.143. The summed E-state index contributed by atoms with van der Waals surface area (Å²) in [6.07, 6.45) is 3.17. The minimum atomic E-state index is 0.430. The van der Waals surface area contributed by atoms with Gasteiger partial charge < -0.3 is 10.3 Å². The summed E-state index contributed by atoms with van der Waals surface area (Å²) in [7, 11) is 1.86. The lowest BCUT2D eigenvalue weighted by atomic mass is 10.4. The van der Waals surface area contributed by atoms with Crippen LogP contribution in [0, 0.1) is 0 Å². The molecule has 0 amide bonds. The lowest BCUT2D eigenvalue weighted by Crippen LogP contribution is -1.88. The minimum absolute atomic E-state index is 0.430. The SMILES string of the molecule is Cn1cc(N)c2ncnc(Cl)c21. The minimum Gasteiger partial charge on any atom is -0.396 e. The van der Waals surface area contributed by atoms with E-state index < -0.39 is 0 Å². The Labute approximate surface area is 74.0 Å². The summed E-state index contributed by atoms with van der Waals surface area (Å²) in [5.74, 6) is 0. The number of nitrogen functional groups attached to an aromatic ring is 1. The van der Waals surface area contributed by atoms with E-state index in [9.17, 15) is 0 Å². The van der Waals surface area contributed by atoms with E-state index >= 15 is 0 Å². The molecule has 4 nitrogen and oxygen atoms in total. The average Bonchev–Trinajstić information content (AvgIpc) is 2.29. The largest absolute Gasteiger partial charge is 0.396 e. The van der Waals surface area contributed by atoms with Crippen LogP contribution in [0.5, 0.6) is 0 Å². The maximum atomic E-state index is 5.85. The fourth-order valence-electron chi connectivity index (χ4n) is 1.22. The number of hydrogen-bond donors (Lipinski definition) is 1. The number of nitrogens with two attached hydrogens (primary N) is 1. The van der Waals surface area contributed by atoms with E-state index in [1.165, 1.54) is 6.33 Å². The molecule has 0 aromatic carbocycles. The monoisotopic (exact) mass is 182 g/mol. The highest BCUT2D eigenvalue weighted by atomic mass is 35.5. The van der Waals surface area contributed by atoms with E-state index in [0.29, 0.717) is 16.4 Å². The third-order valence-electron chi connectivity index (χ3n) is 1.74. The summed E-state index contributed by atoms with van der Waals surface area (Å²) >= 11 is 5.85. The van der Waals surface area contributed by atoms with Crippen LogP contribution in [0.1, 0.15) is 0 Å². The van der Waals surface area contributed by atoms with E-state index in [1.54, 1.807) is 6.20 Å². The number of fused-ring (bicyclic) bond motifs is 1. The first-order chi connectivity index (χ1) is 5.70. The second kappa shape index (κ2) is 2.35. The summed E-state index contributed by atoms with van der Waals surface area (Å²) in [4.78, 5) is 7.88. The molecule has 0 bridgehead atoms. The number of anilines is 1. The molecule has 0 fully saturated rings. The predicted octanol–water partition coefficient (Wildman–Crippen LogP) is 1.20. The zero-order valence-corrected chi connectivity index (χ0v) is 7.21. The number of nitrogens with zero attached hydrogens (tertiary/aromatic N) is 3. The molecule has 2 rings (SSSR count). The molecule has 0 unspecified atom stereocenters. The molecule has 5 heteroatoms. The average molecular weight is 183 g/mol. The molecule has 0 spiro atoms. The zero-order valence-electron chi connectivity index (χ0n) is 6.45. The highest BCUT2D eigenvalue weighted by Crippen LogP contribution is 2.24. The Hall–Kier alpha value is -1.29. The molecule has 0 saturated carbocycles.